The third-order valence-electron chi connectivity index (χ3n) is 2.45. The molecule has 0 heterocycles. The summed E-state index contributed by atoms with van der Waals surface area (Å²) in [7, 11) is 0. The summed E-state index contributed by atoms with van der Waals surface area (Å²) in [6, 6.07) is 8.62. The minimum absolute atomic E-state index is 0.269. The quantitative estimate of drug-likeness (QED) is 0.626. The number of halogens is 3. The molecule has 6 heteroatoms. The first-order chi connectivity index (χ1) is 8.99. The van der Waals surface area contributed by atoms with Crippen molar-refractivity contribution in [2.75, 3.05) is 11.1 Å². The number of nitrogens with two attached hydrogens (primary N) is 1. The average Bonchev–Trinajstić information content (AvgIpc) is 2.36. The van der Waals surface area contributed by atoms with Crippen molar-refractivity contribution < 1.29 is 13.6 Å². The van der Waals surface area contributed by atoms with Crippen molar-refractivity contribution in [1.82, 2.24) is 0 Å². The summed E-state index contributed by atoms with van der Waals surface area (Å²) >= 11 is 2.04. The van der Waals surface area contributed by atoms with Gasteiger partial charge in [0.1, 0.15) is 11.6 Å². The molecule has 0 unspecified atom stereocenters. The number of benzene rings is 2. The number of rotatable bonds is 2. The van der Waals surface area contributed by atoms with Crippen molar-refractivity contribution in [3.8, 4) is 0 Å². The van der Waals surface area contributed by atoms with Crippen LogP contribution >= 0.6 is 22.6 Å². The number of amides is 1. The van der Waals surface area contributed by atoms with Crippen LogP contribution in [-0.4, -0.2) is 5.91 Å². The Hall–Kier alpha value is -1.70. The van der Waals surface area contributed by atoms with Gasteiger partial charge in [0, 0.05) is 9.64 Å². The average molecular weight is 374 g/mol. The molecular weight excluding hydrogens is 365 g/mol. The summed E-state index contributed by atoms with van der Waals surface area (Å²) in [6.45, 7) is 0. The molecule has 0 atom stereocenters. The second-order valence-electron chi connectivity index (χ2n) is 3.79. The van der Waals surface area contributed by atoms with Crippen molar-refractivity contribution in [2.24, 2.45) is 0 Å². The van der Waals surface area contributed by atoms with Crippen LogP contribution in [0.15, 0.2) is 36.4 Å². The third kappa shape index (κ3) is 3.01. The summed E-state index contributed by atoms with van der Waals surface area (Å²) in [5, 5.41) is 2.55. The lowest BCUT2D eigenvalue weighted by Gasteiger charge is -2.08. The maximum absolute atomic E-state index is 13.5. The Kier molecular flexibility index (Phi) is 3.98. The van der Waals surface area contributed by atoms with Gasteiger partial charge in [0.2, 0.25) is 0 Å². The van der Waals surface area contributed by atoms with Crippen molar-refractivity contribution in [3.05, 3.63) is 57.2 Å². The fraction of sp³-hybridized carbons (Fsp3) is 0. The lowest BCUT2D eigenvalue weighted by molar-refractivity contribution is 0.102. The molecule has 2 aromatic rings. The van der Waals surface area contributed by atoms with Crippen LogP contribution < -0.4 is 11.1 Å². The number of anilines is 2. The summed E-state index contributed by atoms with van der Waals surface area (Å²) in [5.74, 6) is -2.51. The first kappa shape index (κ1) is 13.7. The van der Waals surface area contributed by atoms with Gasteiger partial charge in [0.15, 0.2) is 0 Å². The van der Waals surface area contributed by atoms with E-state index in [1.54, 1.807) is 18.2 Å². The number of hydrogen-bond donors (Lipinski definition) is 2. The largest absolute Gasteiger partial charge is 0.396 e. The van der Waals surface area contributed by atoms with Gasteiger partial charge < -0.3 is 11.1 Å². The lowest BCUT2D eigenvalue weighted by Crippen LogP contribution is -2.15. The Morgan fingerprint density at radius 2 is 1.84 bits per heavy atom. The molecule has 0 aliphatic heterocycles. The summed E-state index contributed by atoms with van der Waals surface area (Å²) in [4.78, 5) is 11.9. The number of para-hydroxylation sites is 1. The molecule has 0 aliphatic rings. The zero-order valence-electron chi connectivity index (χ0n) is 9.58. The van der Waals surface area contributed by atoms with E-state index >= 15 is 0 Å². The van der Waals surface area contributed by atoms with Crippen LogP contribution in [0.2, 0.25) is 0 Å². The fourth-order valence-electron chi connectivity index (χ4n) is 1.49. The Morgan fingerprint density at radius 3 is 2.53 bits per heavy atom. The third-order valence-corrected chi connectivity index (χ3v) is 3.39. The van der Waals surface area contributed by atoms with Gasteiger partial charge in [-0.2, -0.15) is 0 Å². The number of carbonyl (C=O) groups is 1. The van der Waals surface area contributed by atoms with E-state index in [9.17, 15) is 13.6 Å². The topological polar surface area (TPSA) is 55.1 Å². The molecule has 0 saturated carbocycles. The predicted octanol–water partition coefficient (Wildman–Crippen LogP) is 3.40. The monoisotopic (exact) mass is 374 g/mol. The van der Waals surface area contributed by atoms with E-state index in [-0.39, 0.29) is 11.3 Å². The fourth-order valence-corrected chi connectivity index (χ4v) is 2.01. The van der Waals surface area contributed by atoms with Crippen LogP contribution in [0.5, 0.6) is 0 Å². The first-order valence-electron chi connectivity index (χ1n) is 5.29. The van der Waals surface area contributed by atoms with Crippen LogP contribution in [0, 0.1) is 15.2 Å². The van der Waals surface area contributed by atoms with Gasteiger partial charge >= 0.3 is 0 Å². The highest BCUT2D eigenvalue weighted by molar-refractivity contribution is 14.1. The molecule has 3 N–H and O–H groups in total. The molecule has 1 amide bonds. The normalized spacial score (nSPS) is 10.3. The Balaban J connectivity index is 2.31. The van der Waals surface area contributed by atoms with Crippen LogP contribution in [0.4, 0.5) is 20.2 Å². The van der Waals surface area contributed by atoms with E-state index in [1.807, 2.05) is 28.7 Å². The van der Waals surface area contributed by atoms with Crippen LogP contribution in [0.3, 0.4) is 0 Å². The van der Waals surface area contributed by atoms with Gasteiger partial charge in [-0.05, 0) is 40.8 Å². The zero-order valence-corrected chi connectivity index (χ0v) is 11.7. The van der Waals surface area contributed by atoms with Gasteiger partial charge in [-0.15, -0.1) is 0 Å². The predicted molar refractivity (Wildman–Crippen MR) is 77.9 cm³/mol. The second-order valence-corrected chi connectivity index (χ2v) is 4.95. The molecule has 2 aromatic carbocycles. The molecule has 0 saturated heterocycles. The number of carbonyl (C=O) groups excluding carboxylic acids is 1. The van der Waals surface area contributed by atoms with Gasteiger partial charge in [-0.1, -0.05) is 12.1 Å². The molecule has 19 heavy (non-hydrogen) atoms. The minimum atomic E-state index is -0.949. The summed E-state index contributed by atoms with van der Waals surface area (Å²) in [6.07, 6.45) is 0. The highest BCUT2D eigenvalue weighted by atomic mass is 127. The van der Waals surface area contributed by atoms with Crippen molar-refractivity contribution in [1.29, 1.82) is 0 Å². The van der Waals surface area contributed by atoms with E-state index in [1.165, 1.54) is 0 Å². The van der Waals surface area contributed by atoms with Crippen molar-refractivity contribution in [3.63, 3.8) is 0 Å². The van der Waals surface area contributed by atoms with E-state index in [0.29, 0.717) is 11.8 Å². The SMILES string of the molecule is Nc1cc(C(=O)Nc2ccccc2I)c(F)cc1F. The minimum Gasteiger partial charge on any atom is -0.396 e. The molecular formula is C13H9F2IN2O. The van der Waals surface area contributed by atoms with Crippen LogP contribution in [0.1, 0.15) is 10.4 Å². The second kappa shape index (κ2) is 5.52. The number of nitrogens with one attached hydrogen (secondary N) is 1. The smallest absolute Gasteiger partial charge is 0.258 e. The Morgan fingerprint density at radius 1 is 1.16 bits per heavy atom. The number of nitrogen functional groups attached to an aromatic ring is 1. The molecule has 0 spiro atoms. The van der Waals surface area contributed by atoms with Crippen molar-refractivity contribution >= 4 is 39.9 Å². The van der Waals surface area contributed by atoms with Gasteiger partial charge in [0.05, 0.1) is 16.9 Å². The molecule has 0 radical (unpaired) electrons. The summed E-state index contributed by atoms with van der Waals surface area (Å²) in [5.41, 5.74) is 5.32. The lowest BCUT2D eigenvalue weighted by atomic mass is 10.1. The molecule has 0 aliphatic carbocycles. The summed E-state index contributed by atoms with van der Waals surface area (Å²) < 4.78 is 27.4. The highest BCUT2D eigenvalue weighted by Crippen LogP contribution is 2.21. The zero-order chi connectivity index (χ0) is 14.0. The maximum atomic E-state index is 13.5. The van der Waals surface area contributed by atoms with E-state index in [4.69, 9.17) is 5.73 Å². The van der Waals surface area contributed by atoms with Crippen LogP contribution in [0.25, 0.3) is 0 Å². The van der Waals surface area contributed by atoms with Gasteiger partial charge in [-0.3, -0.25) is 4.79 Å². The standard InChI is InChI=1S/C13H9F2IN2O/c14-8-6-9(15)11(17)5-7(8)13(19)18-12-4-2-1-3-10(12)16/h1-6H,17H2,(H,18,19). The van der Waals surface area contributed by atoms with E-state index in [2.05, 4.69) is 5.32 Å². The maximum Gasteiger partial charge on any atom is 0.258 e. The molecule has 98 valence electrons. The first-order valence-corrected chi connectivity index (χ1v) is 6.37. The van der Waals surface area contributed by atoms with Gasteiger partial charge in [-0.25, -0.2) is 8.78 Å². The van der Waals surface area contributed by atoms with E-state index in [0.717, 1.165) is 9.64 Å². The molecule has 3 nitrogen and oxygen atoms in total. The van der Waals surface area contributed by atoms with Crippen LogP contribution in [-0.2, 0) is 0 Å². The van der Waals surface area contributed by atoms with Crippen molar-refractivity contribution in [2.45, 2.75) is 0 Å². The Bertz CT molecular complexity index is 647. The Labute approximate surface area is 121 Å². The molecule has 0 fully saturated rings. The van der Waals surface area contributed by atoms with E-state index < -0.39 is 17.5 Å². The molecule has 2 rings (SSSR count). The molecule has 0 aromatic heterocycles. The molecule has 0 bridgehead atoms. The number of hydrogen-bond acceptors (Lipinski definition) is 2. The van der Waals surface area contributed by atoms with Gasteiger partial charge in [0.25, 0.3) is 5.91 Å². The highest BCUT2D eigenvalue weighted by Gasteiger charge is 2.15.